The molecular formula is C16H24BrN3O. The Balaban J connectivity index is 2.03. The second-order valence-electron chi connectivity index (χ2n) is 5.52. The molecular weight excluding hydrogens is 330 g/mol. The topological polar surface area (TPSA) is 44.4 Å². The molecule has 1 aromatic carbocycles. The minimum absolute atomic E-state index is 0.0740. The Morgan fingerprint density at radius 2 is 2.10 bits per heavy atom. The molecule has 0 bridgehead atoms. The lowest BCUT2D eigenvalue weighted by Crippen LogP contribution is -2.44. The molecule has 2 N–H and O–H groups in total. The van der Waals surface area contributed by atoms with E-state index in [1.807, 2.05) is 0 Å². The van der Waals surface area contributed by atoms with Crippen molar-refractivity contribution in [2.45, 2.75) is 39.3 Å². The van der Waals surface area contributed by atoms with E-state index in [1.165, 1.54) is 11.3 Å². The van der Waals surface area contributed by atoms with Gasteiger partial charge in [-0.15, -0.1) is 0 Å². The van der Waals surface area contributed by atoms with Crippen LogP contribution in [0.3, 0.4) is 0 Å². The van der Waals surface area contributed by atoms with Crippen molar-refractivity contribution in [3.05, 3.63) is 28.2 Å². The number of anilines is 1. The molecule has 0 saturated carbocycles. The summed E-state index contributed by atoms with van der Waals surface area (Å²) in [7, 11) is 0. The molecule has 0 spiro atoms. The van der Waals surface area contributed by atoms with Crippen LogP contribution in [0, 0.1) is 0 Å². The highest BCUT2D eigenvalue weighted by Crippen LogP contribution is 2.27. The number of nitrogens with zero attached hydrogens (tertiary/aromatic N) is 1. The smallest absolute Gasteiger partial charge is 0.217 e. The van der Waals surface area contributed by atoms with E-state index in [1.54, 1.807) is 6.92 Å². The summed E-state index contributed by atoms with van der Waals surface area (Å²) in [5.74, 6) is 0.0740. The Morgan fingerprint density at radius 3 is 2.71 bits per heavy atom. The molecule has 5 heteroatoms. The normalized spacial score (nSPS) is 16.0. The van der Waals surface area contributed by atoms with Crippen molar-refractivity contribution < 1.29 is 4.79 Å². The number of nitrogens with one attached hydrogen (secondary N) is 2. The summed E-state index contributed by atoms with van der Waals surface area (Å²) >= 11 is 3.56. The van der Waals surface area contributed by atoms with Gasteiger partial charge in [0.25, 0.3) is 0 Å². The van der Waals surface area contributed by atoms with Crippen LogP contribution in [-0.2, 0) is 11.3 Å². The minimum atomic E-state index is 0.0740. The molecule has 1 aliphatic rings. The zero-order chi connectivity index (χ0) is 15.2. The standard InChI is InChI=1S/C16H24BrN3O/c1-3-18-11-13-10-14(17)4-5-16(13)20-8-6-15(7-9-20)19-12(2)21/h4-5,10,15,18H,3,6-9,11H2,1-2H3,(H,19,21). The van der Waals surface area contributed by atoms with Crippen molar-refractivity contribution in [1.82, 2.24) is 10.6 Å². The maximum absolute atomic E-state index is 11.1. The monoisotopic (exact) mass is 353 g/mol. The van der Waals surface area contributed by atoms with Crippen LogP contribution in [0.5, 0.6) is 0 Å². The largest absolute Gasteiger partial charge is 0.371 e. The lowest BCUT2D eigenvalue weighted by Gasteiger charge is -2.35. The number of amides is 1. The SMILES string of the molecule is CCNCc1cc(Br)ccc1N1CCC(NC(C)=O)CC1. The first-order valence-electron chi connectivity index (χ1n) is 7.61. The third-order valence-electron chi connectivity index (χ3n) is 3.85. The van der Waals surface area contributed by atoms with Gasteiger partial charge in [-0.3, -0.25) is 4.79 Å². The van der Waals surface area contributed by atoms with Gasteiger partial charge in [-0.05, 0) is 43.1 Å². The molecule has 21 heavy (non-hydrogen) atoms. The van der Waals surface area contributed by atoms with Crippen LogP contribution in [0.2, 0.25) is 0 Å². The van der Waals surface area contributed by atoms with Crippen molar-refractivity contribution in [1.29, 1.82) is 0 Å². The van der Waals surface area contributed by atoms with Crippen LogP contribution in [0.25, 0.3) is 0 Å². The molecule has 1 aliphatic heterocycles. The maximum atomic E-state index is 11.1. The van der Waals surface area contributed by atoms with E-state index in [9.17, 15) is 4.79 Å². The number of carbonyl (C=O) groups is 1. The second-order valence-corrected chi connectivity index (χ2v) is 6.43. The predicted molar refractivity (Wildman–Crippen MR) is 90.6 cm³/mol. The lowest BCUT2D eigenvalue weighted by molar-refractivity contribution is -0.119. The summed E-state index contributed by atoms with van der Waals surface area (Å²) in [5.41, 5.74) is 2.63. The van der Waals surface area contributed by atoms with Crippen molar-refractivity contribution >= 4 is 27.5 Å². The van der Waals surface area contributed by atoms with Gasteiger partial charge in [0.2, 0.25) is 5.91 Å². The molecule has 0 unspecified atom stereocenters. The van der Waals surface area contributed by atoms with Gasteiger partial charge < -0.3 is 15.5 Å². The Morgan fingerprint density at radius 1 is 1.38 bits per heavy atom. The molecule has 1 heterocycles. The van der Waals surface area contributed by atoms with Crippen LogP contribution in [0.1, 0.15) is 32.3 Å². The fourth-order valence-electron chi connectivity index (χ4n) is 2.82. The molecule has 4 nitrogen and oxygen atoms in total. The summed E-state index contributed by atoms with van der Waals surface area (Å²) in [4.78, 5) is 13.6. The number of carbonyl (C=O) groups excluding carboxylic acids is 1. The summed E-state index contributed by atoms with van der Waals surface area (Å²) in [5, 5.41) is 6.43. The molecule has 1 aromatic rings. The minimum Gasteiger partial charge on any atom is -0.371 e. The molecule has 1 fully saturated rings. The van der Waals surface area contributed by atoms with Crippen molar-refractivity contribution in [2.75, 3.05) is 24.5 Å². The summed E-state index contributed by atoms with van der Waals surface area (Å²) < 4.78 is 1.12. The lowest BCUT2D eigenvalue weighted by atomic mass is 10.0. The molecule has 2 rings (SSSR count). The number of hydrogen-bond donors (Lipinski definition) is 2. The fourth-order valence-corrected chi connectivity index (χ4v) is 3.22. The Labute approximate surface area is 135 Å². The van der Waals surface area contributed by atoms with E-state index in [0.717, 1.165) is 43.5 Å². The molecule has 116 valence electrons. The average molecular weight is 354 g/mol. The summed E-state index contributed by atoms with van der Waals surface area (Å²) in [6, 6.07) is 6.81. The first-order valence-corrected chi connectivity index (χ1v) is 8.40. The average Bonchev–Trinajstić information content (AvgIpc) is 2.46. The molecule has 1 saturated heterocycles. The first kappa shape index (κ1) is 16.3. The predicted octanol–water partition coefficient (Wildman–Crippen LogP) is 2.66. The van der Waals surface area contributed by atoms with Gasteiger partial charge in [-0.25, -0.2) is 0 Å². The Hall–Kier alpha value is -1.07. The van der Waals surface area contributed by atoms with E-state index in [0.29, 0.717) is 6.04 Å². The Bertz CT molecular complexity index is 484. The molecule has 0 radical (unpaired) electrons. The highest BCUT2D eigenvalue weighted by atomic mass is 79.9. The zero-order valence-corrected chi connectivity index (χ0v) is 14.4. The van der Waals surface area contributed by atoms with Crippen molar-refractivity contribution in [3.63, 3.8) is 0 Å². The molecule has 0 aromatic heterocycles. The van der Waals surface area contributed by atoms with Crippen LogP contribution in [-0.4, -0.2) is 31.6 Å². The van der Waals surface area contributed by atoms with Gasteiger partial charge in [0, 0.05) is 42.8 Å². The summed E-state index contributed by atoms with van der Waals surface area (Å²) in [6.07, 6.45) is 2.02. The van der Waals surface area contributed by atoms with Gasteiger partial charge >= 0.3 is 0 Å². The van der Waals surface area contributed by atoms with Gasteiger partial charge in [-0.2, -0.15) is 0 Å². The molecule has 1 amide bonds. The maximum Gasteiger partial charge on any atom is 0.217 e. The van der Waals surface area contributed by atoms with Crippen LogP contribution in [0.15, 0.2) is 22.7 Å². The van der Waals surface area contributed by atoms with E-state index >= 15 is 0 Å². The number of piperidine rings is 1. The second kappa shape index (κ2) is 7.80. The van der Waals surface area contributed by atoms with Gasteiger partial charge in [0.05, 0.1) is 0 Å². The van der Waals surface area contributed by atoms with Gasteiger partial charge in [-0.1, -0.05) is 22.9 Å². The quantitative estimate of drug-likeness (QED) is 0.855. The highest BCUT2D eigenvalue weighted by Gasteiger charge is 2.21. The van der Waals surface area contributed by atoms with E-state index in [4.69, 9.17) is 0 Å². The number of halogens is 1. The first-order chi connectivity index (χ1) is 10.1. The van der Waals surface area contributed by atoms with Crippen molar-refractivity contribution in [3.8, 4) is 0 Å². The molecule has 0 aliphatic carbocycles. The van der Waals surface area contributed by atoms with Crippen LogP contribution < -0.4 is 15.5 Å². The van der Waals surface area contributed by atoms with E-state index in [2.05, 4.69) is 56.6 Å². The van der Waals surface area contributed by atoms with Crippen molar-refractivity contribution in [2.24, 2.45) is 0 Å². The van der Waals surface area contributed by atoms with Gasteiger partial charge in [0.15, 0.2) is 0 Å². The number of rotatable bonds is 5. The van der Waals surface area contributed by atoms with E-state index < -0.39 is 0 Å². The van der Waals surface area contributed by atoms with Gasteiger partial charge in [0.1, 0.15) is 0 Å². The summed E-state index contributed by atoms with van der Waals surface area (Å²) in [6.45, 7) is 7.55. The fraction of sp³-hybridized carbons (Fsp3) is 0.562. The van der Waals surface area contributed by atoms with E-state index in [-0.39, 0.29) is 5.91 Å². The third-order valence-corrected chi connectivity index (χ3v) is 4.34. The third kappa shape index (κ3) is 4.71. The van der Waals surface area contributed by atoms with Crippen LogP contribution in [0.4, 0.5) is 5.69 Å². The Kier molecular flexibility index (Phi) is 6.06. The van der Waals surface area contributed by atoms with Crippen LogP contribution >= 0.6 is 15.9 Å². The number of hydrogen-bond acceptors (Lipinski definition) is 3. The highest BCUT2D eigenvalue weighted by molar-refractivity contribution is 9.10. The molecule has 0 atom stereocenters. The number of benzene rings is 1. The zero-order valence-electron chi connectivity index (χ0n) is 12.8.